The van der Waals surface area contributed by atoms with Crippen LogP contribution >= 0.6 is 0 Å². The van der Waals surface area contributed by atoms with Crippen LogP contribution in [0.5, 0.6) is 0 Å². The number of carbonyl (C=O) groups excluding carboxylic acids is 1. The normalized spacial score (nSPS) is 18.6. The van der Waals surface area contributed by atoms with E-state index in [4.69, 9.17) is 0 Å². The SMILES string of the molecule is CS(=O)(=O)N1Cc2ccnn2CC(CNC(=O)c2cnccn2)C1. The highest BCUT2D eigenvalue weighted by Crippen LogP contribution is 2.17. The predicted molar refractivity (Wildman–Crippen MR) is 85.3 cm³/mol. The lowest BCUT2D eigenvalue weighted by atomic mass is 10.1. The highest BCUT2D eigenvalue weighted by atomic mass is 32.2. The molecule has 128 valence electrons. The van der Waals surface area contributed by atoms with Crippen LogP contribution in [0.1, 0.15) is 16.2 Å². The molecule has 0 saturated carbocycles. The number of nitrogens with one attached hydrogen (secondary N) is 1. The first kappa shape index (κ1) is 16.5. The molecule has 2 aromatic heterocycles. The zero-order valence-electron chi connectivity index (χ0n) is 13.2. The van der Waals surface area contributed by atoms with E-state index >= 15 is 0 Å². The van der Waals surface area contributed by atoms with Crippen LogP contribution in [0.15, 0.2) is 30.9 Å². The standard InChI is InChI=1S/C14H18N6O3S/c1-24(22,23)19-8-11(9-20-12(10-19)2-3-18-20)6-17-14(21)13-7-15-4-5-16-13/h2-5,7,11H,6,8-10H2,1H3,(H,17,21). The monoisotopic (exact) mass is 350 g/mol. The Bertz CT molecular complexity index is 820. The lowest BCUT2D eigenvalue weighted by Crippen LogP contribution is -2.38. The summed E-state index contributed by atoms with van der Waals surface area (Å²) < 4.78 is 27.1. The van der Waals surface area contributed by atoms with Gasteiger partial charge in [-0.3, -0.25) is 14.5 Å². The molecule has 0 aliphatic carbocycles. The predicted octanol–water partition coefficient (Wildman–Crippen LogP) is -0.505. The van der Waals surface area contributed by atoms with Gasteiger partial charge in [-0.25, -0.2) is 13.4 Å². The van der Waals surface area contributed by atoms with Crippen molar-refractivity contribution in [3.05, 3.63) is 42.2 Å². The number of fused-ring (bicyclic) bond motifs is 1. The Balaban J connectivity index is 1.71. The molecule has 0 spiro atoms. The van der Waals surface area contributed by atoms with Crippen LogP contribution < -0.4 is 5.32 Å². The molecular weight excluding hydrogens is 332 g/mol. The average Bonchev–Trinajstić information content (AvgIpc) is 2.90. The molecule has 1 N–H and O–H groups in total. The summed E-state index contributed by atoms with van der Waals surface area (Å²) in [5.74, 6) is -0.430. The Labute approximate surface area is 139 Å². The van der Waals surface area contributed by atoms with Crippen LogP contribution in [0, 0.1) is 5.92 Å². The van der Waals surface area contributed by atoms with E-state index in [-0.39, 0.29) is 24.1 Å². The van der Waals surface area contributed by atoms with Crippen molar-refractivity contribution in [2.75, 3.05) is 19.3 Å². The summed E-state index contributed by atoms with van der Waals surface area (Å²) in [6, 6.07) is 1.80. The molecule has 0 bridgehead atoms. The maximum Gasteiger partial charge on any atom is 0.271 e. The van der Waals surface area contributed by atoms with Gasteiger partial charge in [0.05, 0.1) is 24.7 Å². The van der Waals surface area contributed by atoms with Gasteiger partial charge in [0.1, 0.15) is 5.69 Å². The van der Waals surface area contributed by atoms with Crippen LogP contribution in [0.2, 0.25) is 0 Å². The van der Waals surface area contributed by atoms with E-state index < -0.39 is 10.0 Å². The molecule has 0 fully saturated rings. The largest absolute Gasteiger partial charge is 0.350 e. The number of carbonyl (C=O) groups is 1. The molecule has 3 heterocycles. The summed E-state index contributed by atoms with van der Waals surface area (Å²) in [4.78, 5) is 19.9. The lowest BCUT2D eigenvalue weighted by molar-refractivity contribution is 0.0938. The highest BCUT2D eigenvalue weighted by Gasteiger charge is 2.27. The van der Waals surface area contributed by atoms with Gasteiger partial charge in [-0.05, 0) is 6.07 Å². The third-order valence-electron chi connectivity index (χ3n) is 3.85. The molecule has 3 rings (SSSR count). The smallest absolute Gasteiger partial charge is 0.271 e. The lowest BCUT2D eigenvalue weighted by Gasteiger charge is -2.22. The first-order valence-electron chi connectivity index (χ1n) is 7.43. The summed E-state index contributed by atoms with van der Waals surface area (Å²) >= 11 is 0. The van der Waals surface area contributed by atoms with Crippen molar-refractivity contribution in [3.63, 3.8) is 0 Å². The maximum atomic E-state index is 12.1. The molecule has 0 radical (unpaired) electrons. The Kier molecular flexibility index (Phi) is 4.58. The maximum absolute atomic E-state index is 12.1. The second-order valence-corrected chi connectivity index (χ2v) is 7.71. The second-order valence-electron chi connectivity index (χ2n) is 5.73. The molecule has 1 atom stereocenters. The number of hydrogen-bond acceptors (Lipinski definition) is 6. The van der Waals surface area contributed by atoms with E-state index in [2.05, 4.69) is 20.4 Å². The van der Waals surface area contributed by atoms with Crippen molar-refractivity contribution >= 4 is 15.9 Å². The van der Waals surface area contributed by atoms with Crippen molar-refractivity contribution in [2.24, 2.45) is 5.92 Å². The Morgan fingerprint density at radius 2 is 2.17 bits per heavy atom. The van der Waals surface area contributed by atoms with Crippen LogP contribution in [0.4, 0.5) is 0 Å². The third kappa shape index (κ3) is 3.77. The summed E-state index contributed by atoms with van der Waals surface area (Å²) in [7, 11) is -3.34. The first-order chi connectivity index (χ1) is 11.4. The number of hydrogen-bond donors (Lipinski definition) is 1. The number of amides is 1. The van der Waals surface area contributed by atoms with Crippen LogP contribution in [-0.2, 0) is 23.1 Å². The molecule has 1 unspecified atom stereocenters. The van der Waals surface area contributed by atoms with Gasteiger partial charge in [-0.15, -0.1) is 0 Å². The zero-order chi connectivity index (χ0) is 17.2. The molecule has 1 aliphatic rings. The Morgan fingerprint density at radius 3 is 2.88 bits per heavy atom. The first-order valence-corrected chi connectivity index (χ1v) is 9.28. The summed E-state index contributed by atoms with van der Waals surface area (Å²) in [5, 5.41) is 7.02. The fraction of sp³-hybridized carbons (Fsp3) is 0.429. The Hall–Kier alpha value is -2.33. The molecule has 2 aromatic rings. The molecule has 1 aliphatic heterocycles. The minimum absolute atomic E-state index is 0.0958. The van der Waals surface area contributed by atoms with E-state index in [9.17, 15) is 13.2 Å². The molecule has 0 aromatic carbocycles. The summed E-state index contributed by atoms with van der Waals surface area (Å²) in [5.41, 5.74) is 1.06. The molecule has 1 amide bonds. The molecule has 24 heavy (non-hydrogen) atoms. The average molecular weight is 350 g/mol. The Morgan fingerprint density at radius 1 is 1.33 bits per heavy atom. The molecule has 0 saturated heterocycles. The number of sulfonamides is 1. The fourth-order valence-corrected chi connectivity index (χ4v) is 3.47. The van der Waals surface area contributed by atoms with Gasteiger partial charge in [0.2, 0.25) is 10.0 Å². The molecule has 10 heteroatoms. The van der Waals surface area contributed by atoms with Gasteiger partial charge in [-0.1, -0.05) is 0 Å². The fourth-order valence-electron chi connectivity index (χ4n) is 2.62. The summed E-state index contributed by atoms with van der Waals surface area (Å²) in [6.45, 7) is 1.46. The second kappa shape index (κ2) is 6.65. The van der Waals surface area contributed by atoms with Crippen molar-refractivity contribution < 1.29 is 13.2 Å². The van der Waals surface area contributed by atoms with Crippen LogP contribution in [-0.4, -0.2) is 57.7 Å². The van der Waals surface area contributed by atoms with E-state index in [0.717, 1.165) is 5.69 Å². The van der Waals surface area contributed by atoms with Crippen molar-refractivity contribution in [3.8, 4) is 0 Å². The van der Waals surface area contributed by atoms with E-state index in [1.165, 1.54) is 29.2 Å². The quantitative estimate of drug-likeness (QED) is 0.796. The minimum Gasteiger partial charge on any atom is -0.350 e. The van der Waals surface area contributed by atoms with Gasteiger partial charge in [0.25, 0.3) is 5.91 Å². The van der Waals surface area contributed by atoms with Gasteiger partial charge in [0, 0.05) is 44.1 Å². The van der Waals surface area contributed by atoms with Crippen LogP contribution in [0.25, 0.3) is 0 Å². The van der Waals surface area contributed by atoms with Crippen molar-refractivity contribution in [1.82, 2.24) is 29.4 Å². The van der Waals surface area contributed by atoms with Gasteiger partial charge in [0.15, 0.2) is 0 Å². The van der Waals surface area contributed by atoms with Gasteiger partial charge in [-0.2, -0.15) is 9.40 Å². The number of rotatable bonds is 4. The van der Waals surface area contributed by atoms with Crippen molar-refractivity contribution in [2.45, 2.75) is 13.1 Å². The minimum atomic E-state index is -3.34. The van der Waals surface area contributed by atoms with E-state index in [1.807, 2.05) is 0 Å². The number of nitrogens with zero attached hydrogens (tertiary/aromatic N) is 5. The van der Waals surface area contributed by atoms with Crippen LogP contribution in [0.3, 0.4) is 0 Å². The van der Waals surface area contributed by atoms with E-state index in [1.54, 1.807) is 16.9 Å². The van der Waals surface area contributed by atoms with Gasteiger partial charge < -0.3 is 5.32 Å². The van der Waals surface area contributed by atoms with E-state index in [0.29, 0.717) is 19.6 Å². The number of aromatic nitrogens is 4. The third-order valence-corrected chi connectivity index (χ3v) is 5.07. The summed E-state index contributed by atoms with van der Waals surface area (Å²) in [6.07, 6.45) is 7.16. The molecule has 9 nitrogen and oxygen atoms in total. The highest BCUT2D eigenvalue weighted by molar-refractivity contribution is 7.88. The van der Waals surface area contributed by atoms with Gasteiger partial charge >= 0.3 is 0 Å². The molecular formula is C14H18N6O3S. The van der Waals surface area contributed by atoms with Crippen molar-refractivity contribution in [1.29, 1.82) is 0 Å². The topological polar surface area (TPSA) is 110 Å². The zero-order valence-corrected chi connectivity index (χ0v) is 14.0.